The van der Waals surface area contributed by atoms with Crippen molar-refractivity contribution >= 4 is 30.8 Å². The number of cyclic esters (lactones) is 1. The third kappa shape index (κ3) is 12.7. The van der Waals surface area contributed by atoms with Crippen LogP contribution < -0.4 is 0 Å². The van der Waals surface area contributed by atoms with Gasteiger partial charge in [0.1, 0.15) is 23.4 Å². The third-order valence-electron chi connectivity index (χ3n) is 14.4. The van der Waals surface area contributed by atoms with Crippen LogP contribution in [0.2, 0.25) is 0 Å². The number of carbonyl (C=O) groups is 5. The number of aliphatic hydroxyl groups is 2. The Morgan fingerprint density at radius 2 is 1.46 bits per heavy atom. The number of hydrogen-bond acceptors (Lipinski definition) is 17. The van der Waals surface area contributed by atoms with Crippen molar-refractivity contribution in [3.05, 3.63) is 35.9 Å². The Labute approximate surface area is 396 Å². The molecule has 18 heteroatoms. The van der Waals surface area contributed by atoms with Crippen LogP contribution in [0.5, 0.6) is 0 Å². The van der Waals surface area contributed by atoms with Crippen molar-refractivity contribution in [3.63, 3.8) is 0 Å². The van der Waals surface area contributed by atoms with Gasteiger partial charge in [0.25, 0.3) is 18.9 Å². The lowest BCUT2D eigenvalue weighted by molar-refractivity contribution is -0.319. The maximum absolute atomic E-state index is 14.7. The number of ether oxygens (including phenoxy) is 9. The predicted molar refractivity (Wildman–Crippen MR) is 243 cm³/mol. The zero-order valence-electron chi connectivity index (χ0n) is 42.1. The van der Waals surface area contributed by atoms with E-state index in [1.54, 1.807) is 85.8 Å². The smallest absolute Gasteiger partial charge is 0.311 e. The minimum absolute atomic E-state index is 0.0386. The number of carbonyl (C=O) groups excluding carboxylic acids is 5. The molecule has 0 aliphatic carbocycles. The Kier molecular flexibility index (Phi) is 19.4. The summed E-state index contributed by atoms with van der Waals surface area (Å²) in [6, 6.07) is 7.41. The summed E-state index contributed by atoms with van der Waals surface area (Å²) >= 11 is 0. The molecule has 18 nitrogen and oxygen atoms in total. The quantitative estimate of drug-likeness (QED) is 0.151. The Balaban J connectivity index is 1.99. The van der Waals surface area contributed by atoms with Gasteiger partial charge in [-0.1, -0.05) is 45.9 Å². The first-order chi connectivity index (χ1) is 31.3. The minimum Gasteiger partial charge on any atom is -0.461 e. The molecule has 380 valence electrons. The summed E-state index contributed by atoms with van der Waals surface area (Å²) in [5, 5.41) is 25.8. The van der Waals surface area contributed by atoms with Crippen LogP contribution in [0.15, 0.2) is 30.3 Å². The predicted octanol–water partition coefficient (Wildman–Crippen LogP) is 4.29. The van der Waals surface area contributed by atoms with E-state index in [0.717, 1.165) is 0 Å². The average molecular weight is 951 g/mol. The zero-order valence-corrected chi connectivity index (χ0v) is 42.1. The molecular weight excluding hydrogens is 873 g/mol. The molecule has 2 unspecified atom stereocenters. The lowest BCUT2D eigenvalue weighted by Gasteiger charge is -2.50. The summed E-state index contributed by atoms with van der Waals surface area (Å²) < 4.78 is 55.9. The Hall–Kier alpha value is -3.75. The monoisotopic (exact) mass is 951 g/mol. The van der Waals surface area contributed by atoms with Gasteiger partial charge in [-0.3, -0.25) is 24.0 Å². The van der Waals surface area contributed by atoms with Gasteiger partial charge in [0.2, 0.25) is 0 Å². The van der Waals surface area contributed by atoms with E-state index in [2.05, 4.69) is 0 Å². The lowest BCUT2D eigenvalue weighted by Crippen LogP contribution is -2.63. The standard InChI is InChI=1S/C49H78N2O16/c1-16-36-49(11,58)42(60-25-52)29(4)38(51(14)44(55)34-20-18-17-19-21-34)27(2)23-47(9,57)41(67-46-40(64-33(8)54)35(50(12)13)22-28(3)62-46)30(5)39(31(6)45(56)65-36)66-37-24-48(10,59-15)43(61-26-53)32(7)63-37/h17-21,25-32,35-43,46,57-58H,16,22-24H2,1-15H3/t27-,28-,29+,30+,31-,32+,35+,36-,37?,38-,39+,40-,41-,42-,43+,46?,47+,48-,49-/m1/s1. The van der Waals surface area contributed by atoms with Crippen LogP contribution in [0, 0.1) is 23.7 Å². The highest BCUT2D eigenvalue weighted by Gasteiger charge is 2.56. The van der Waals surface area contributed by atoms with Gasteiger partial charge >= 0.3 is 11.9 Å². The van der Waals surface area contributed by atoms with Gasteiger partial charge in [-0.05, 0) is 93.0 Å². The molecule has 1 aromatic carbocycles. The molecule has 2 N–H and O–H groups in total. The molecular formula is C49H78N2O16. The van der Waals surface area contributed by atoms with E-state index >= 15 is 0 Å². The number of esters is 2. The highest BCUT2D eigenvalue weighted by Crippen LogP contribution is 2.43. The molecule has 67 heavy (non-hydrogen) atoms. The molecule has 0 bridgehead atoms. The molecule has 0 aromatic heterocycles. The number of amides is 1. The molecule has 0 radical (unpaired) electrons. The zero-order chi connectivity index (χ0) is 50.3. The van der Waals surface area contributed by atoms with Crippen LogP contribution in [0.4, 0.5) is 0 Å². The largest absolute Gasteiger partial charge is 0.461 e. The van der Waals surface area contributed by atoms with Crippen LogP contribution in [0.1, 0.15) is 112 Å². The maximum atomic E-state index is 14.7. The fourth-order valence-corrected chi connectivity index (χ4v) is 11.2. The first kappa shape index (κ1) is 55.8. The number of likely N-dealkylation sites (N-methyl/N-ethyl adjacent to an activating group) is 1. The normalized spacial score (nSPS) is 41.3. The number of hydrogen-bond donors (Lipinski definition) is 2. The summed E-state index contributed by atoms with van der Waals surface area (Å²) in [5.41, 5.74) is -4.61. The Morgan fingerprint density at radius 1 is 0.851 bits per heavy atom. The van der Waals surface area contributed by atoms with Gasteiger partial charge in [-0.2, -0.15) is 0 Å². The SMILES string of the molecule is CC[C@H]1OC(=O)[C@H](C)[C@@H](OC2C[C@@](C)(OC)[C@@H](OC=O)[C@H](C)O2)[C@H](C)[C@@H](OC2O[C@H](C)C[C@H](N(C)C)[C@H]2OC(C)=O)[C@@](C)(O)C[C@@H](C)[C@@H](N(C)C(=O)c2ccccc2)[C@H](C)[C@@H](OC=O)[C@]1(C)O. The molecule has 0 spiro atoms. The first-order valence-electron chi connectivity index (χ1n) is 23.5. The average Bonchev–Trinajstić information content (AvgIpc) is 3.26. The molecule has 3 aliphatic rings. The molecule has 3 fully saturated rings. The fourth-order valence-electron chi connectivity index (χ4n) is 11.2. The second-order valence-corrected chi connectivity index (χ2v) is 20.0. The van der Waals surface area contributed by atoms with Crippen LogP contribution in [0.25, 0.3) is 0 Å². The van der Waals surface area contributed by atoms with Crippen molar-refractivity contribution in [1.82, 2.24) is 9.80 Å². The summed E-state index contributed by atoms with van der Waals surface area (Å²) in [6.45, 7) is 18.8. The van der Waals surface area contributed by atoms with Crippen molar-refractivity contribution in [2.24, 2.45) is 23.7 Å². The van der Waals surface area contributed by atoms with Crippen molar-refractivity contribution in [1.29, 1.82) is 0 Å². The second kappa shape index (κ2) is 23.2. The van der Waals surface area contributed by atoms with E-state index < -0.39 is 114 Å². The number of methoxy groups -OCH3 is 1. The maximum Gasteiger partial charge on any atom is 0.311 e. The van der Waals surface area contributed by atoms with Gasteiger partial charge in [-0.15, -0.1) is 0 Å². The molecule has 3 aliphatic heterocycles. The fraction of sp³-hybridized carbons (Fsp3) is 0.776. The highest BCUT2D eigenvalue weighted by molar-refractivity contribution is 5.94. The molecule has 1 amide bonds. The van der Waals surface area contributed by atoms with Crippen LogP contribution in [0.3, 0.4) is 0 Å². The lowest BCUT2D eigenvalue weighted by atomic mass is 9.72. The van der Waals surface area contributed by atoms with E-state index in [0.29, 0.717) is 18.5 Å². The molecule has 19 atom stereocenters. The van der Waals surface area contributed by atoms with Gasteiger partial charge < -0.3 is 62.6 Å². The summed E-state index contributed by atoms with van der Waals surface area (Å²) in [4.78, 5) is 69.2. The Bertz CT molecular complexity index is 1800. The van der Waals surface area contributed by atoms with E-state index in [1.165, 1.54) is 25.9 Å². The van der Waals surface area contributed by atoms with Gasteiger partial charge in [-0.25, -0.2) is 0 Å². The third-order valence-corrected chi connectivity index (χ3v) is 14.4. The molecule has 0 saturated carbocycles. The molecule has 1 aromatic rings. The number of benzene rings is 1. The number of nitrogens with zero attached hydrogens (tertiary/aromatic N) is 2. The highest BCUT2D eigenvalue weighted by atomic mass is 16.7. The van der Waals surface area contributed by atoms with Crippen LogP contribution in [-0.2, 0) is 61.8 Å². The summed E-state index contributed by atoms with van der Waals surface area (Å²) in [7, 11) is 6.81. The van der Waals surface area contributed by atoms with Crippen molar-refractivity contribution in [3.8, 4) is 0 Å². The summed E-state index contributed by atoms with van der Waals surface area (Å²) in [5.74, 6) is -5.31. The van der Waals surface area contributed by atoms with Gasteiger partial charge in [0, 0.05) is 50.9 Å². The van der Waals surface area contributed by atoms with Gasteiger partial charge in [0.15, 0.2) is 24.8 Å². The van der Waals surface area contributed by atoms with E-state index in [-0.39, 0.29) is 43.8 Å². The van der Waals surface area contributed by atoms with Crippen molar-refractivity contribution in [2.45, 2.75) is 192 Å². The van der Waals surface area contributed by atoms with Crippen LogP contribution >= 0.6 is 0 Å². The van der Waals surface area contributed by atoms with E-state index in [4.69, 9.17) is 42.6 Å². The van der Waals surface area contributed by atoms with E-state index in [1.807, 2.05) is 32.8 Å². The minimum atomic E-state index is -2.02. The topological polar surface area (TPSA) is 215 Å². The second-order valence-electron chi connectivity index (χ2n) is 20.0. The van der Waals surface area contributed by atoms with E-state index in [9.17, 15) is 34.2 Å². The van der Waals surface area contributed by atoms with Crippen molar-refractivity contribution in [2.75, 3.05) is 28.3 Å². The van der Waals surface area contributed by atoms with Crippen LogP contribution in [-0.4, -0.2) is 169 Å². The molecule has 4 rings (SSSR count). The number of rotatable bonds is 14. The Morgan fingerprint density at radius 3 is 2.01 bits per heavy atom. The first-order valence-corrected chi connectivity index (χ1v) is 23.5. The molecule has 3 heterocycles. The van der Waals surface area contributed by atoms with Gasteiger partial charge in [0.05, 0.1) is 42.0 Å². The molecule has 3 saturated heterocycles. The van der Waals surface area contributed by atoms with Crippen molar-refractivity contribution < 1.29 is 76.8 Å². The summed E-state index contributed by atoms with van der Waals surface area (Å²) in [6.07, 6.45) is -9.75.